The monoisotopic (exact) mass is 354 g/mol. The summed E-state index contributed by atoms with van der Waals surface area (Å²) in [6, 6.07) is 0. The highest BCUT2D eigenvalue weighted by Gasteiger charge is 2.15. The maximum Gasteiger partial charge on any atom is 0.144 e. The van der Waals surface area contributed by atoms with Gasteiger partial charge in [-0.05, 0) is 35.7 Å². The molecule has 4 nitrogen and oxygen atoms in total. The number of rotatable bonds is 5. The van der Waals surface area contributed by atoms with Gasteiger partial charge in [0.15, 0.2) is 0 Å². The second kappa shape index (κ2) is 6.63. The standard InChI is InChI=1S/C14H19BrN4S/c1-5-16-14-12(15)13(8(2)3)18-11(19-14)6-10-7-20-9(4)17-10/h7-8H,5-6H2,1-4H3,(H,16,18,19). The molecule has 6 heteroatoms. The Morgan fingerprint density at radius 3 is 2.60 bits per heavy atom. The fraction of sp³-hybridized carbons (Fsp3) is 0.500. The number of hydrogen-bond donors (Lipinski definition) is 1. The minimum Gasteiger partial charge on any atom is -0.369 e. The third-order valence-electron chi connectivity index (χ3n) is 2.82. The normalized spacial score (nSPS) is 11.1. The lowest BCUT2D eigenvalue weighted by molar-refractivity contribution is 0.782. The predicted octanol–water partition coefficient (Wildman–Crippen LogP) is 4.15. The summed E-state index contributed by atoms with van der Waals surface area (Å²) in [6.45, 7) is 9.19. The Morgan fingerprint density at radius 2 is 2.05 bits per heavy atom. The van der Waals surface area contributed by atoms with E-state index in [1.165, 1.54) is 0 Å². The zero-order valence-electron chi connectivity index (χ0n) is 12.2. The molecule has 2 aromatic rings. The van der Waals surface area contributed by atoms with Crippen LogP contribution in [-0.2, 0) is 6.42 Å². The number of nitrogens with one attached hydrogen (secondary N) is 1. The molecule has 0 aliphatic rings. The van der Waals surface area contributed by atoms with Crippen molar-refractivity contribution < 1.29 is 0 Å². The maximum absolute atomic E-state index is 4.69. The van der Waals surface area contributed by atoms with E-state index >= 15 is 0 Å². The van der Waals surface area contributed by atoms with Crippen LogP contribution in [0.5, 0.6) is 0 Å². The highest BCUT2D eigenvalue weighted by molar-refractivity contribution is 9.10. The van der Waals surface area contributed by atoms with Gasteiger partial charge in [0.25, 0.3) is 0 Å². The molecule has 0 spiro atoms. The van der Waals surface area contributed by atoms with E-state index in [0.717, 1.165) is 39.1 Å². The van der Waals surface area contributed by atoms with E-state index in [2.05, 4.69) is 62.3 Å². The molecule has 0 aromatic carbocycles. The van der Waals surface area contributed by atoms with Crippen molar-refractivity contribution >= 4 is 33.1 Å². The predicted molar refractivity (Wildman–Crippen MR) is 87.6 cm³/mol. The Kier molecular flexibility index (Phi) is 5.10. The average Bonchev–Trinajstić information content (AvgIpc) is 2.78. The van der Waals surface area contributed by atoms with E-state index in [0.29, 0.717) is 12.3 Å². The average molecular weight is 355 g/mol. The molecule has 0 saturated heterocycles. The molecule has 1 N–H and O–H groups in total. The third kappa shape index (κ3) is 3.55. The SMILES string of the molecule is CCNc1nc(Cc2csc(C)n2)nc(C(C)C)c1Br. The number of thiazole rings is 1. The summed E-state index contributed by atoms with van der Waals surface area (Å²) >= 11 is 5.27. The topological polar surface area (TPSA) is 50.7 Å². The molecule has 2 heterocycles. The minimum atomic E-state index is 0.348. The first-order valence-electron chi connectivity index (χ1n) is 6.72. The van der Waals surface area contributed by atoms with Crippen molar-refractivity contribution in [2.75, 3.05) is 11.9 Å². The molecule has 0 aliphatic heterocycles. The van der Waals surface area contributed by atoms with Crippen LogP contribution in [0.3, 0.4) is 0 Å². The van der Waals surface area contributed by atoms with Crippen molar-refractivity contribution in [1.82, 2.24) is 15.0 Å². The minimum absolute atomic E-state index is 0.348. The van der Waals surface area contributed by atoms with E-state index in [1.54, 1.807) is 11.3 Å². The van der Waals surface area contributed by atoms with Crippen molar-refractivity contribution in [3.05, 3.63) is 32.1 Å². The second-order valence-corrected chi connectivity index (χ2v) is 6.76. The van der Waals surface area contributed by atoms with E-state index < -0.39 is 0 Å². The number of halogens is 1. The molecular formula is C14H19BrN4S. The van der Waals surface area contributed by atoms with Gasteiger partial charge in [-0.2, -0.15) is 0 Å². The van der Waals surface area contributed by atoms with Gasteiger partial charge in [0.2, 0.25) is 0 Å². The molecule has 2 aromatic heterocycles. The van der Waals surface area contributed by atoms with Crippen LogP contribution < -0.4 is 5.32 Å². The zero-order valence-corrected chi connectivity index (χ0v) is 14.6. The van der Waals surface area contributed by atoms with Crippen LogP contribution in [0, 0.1) is 6.92 Å². The first-order chi connectivity index (χ1) is 9.51. The summed E-state index contributed by atoms with van der Waals surface area (Å²) in [4.78, 5) is 13.8. The molecule has 0 radical (unpaired) electrons. The molecule has 0 fully saturated rings. The maximum atomic E-state index is 4.69. The molecule has 0 aliphatic carbocycles. The van der Waals surface area contributed by atoms with Crippen LogP contribution in [0.1, 0.15) is 48.9 Å². The van der Waals surface area contributed by atoms with Gasteiger partial charge in [-0.1, -0.05) is 13.8 Å². The summed E-state index contributed by atoms with van der Waals surface area (Å²) in [5.74, 6) is 2.03. The highest BCUT2D eigenvalue weighted by atomic mass is 79.9. The number of aromatic nitrogens is 3. The van der Waals surface area contributed by atoms with Crippen LogP contribution >= 0.6 is 27.3 Å². The third-order valence-corrected chi connectivity index (χ3v) is 4.42. The first-order valence-corrected chi connectivity index (χ1v) is 8.39. The fourth-order valence-electron chi connectivity index (χ4n) is 1.91. The van der Waals surface area contributed by atoms with E-state index in [4.69, 9.17) is 0 Å². The molecule has 0 amide bonds. The zero-order chi connectivity index (χ0) is 14.7. The summed E-state index contributed by atoms with van der Waals surface area (Å²) in [5, 5.41) is 6.44. The quantitative estimate of drug-likeness (QED) is 0.875. The fourth-order valence-corrected chi connectivity index (χ4v) is 3.30. The van der Waals surface area contributed by atoms with Crippen molar-refractivity contribution in [3.63, 3.8) is 0 Å². The molecular weight excluding hydrogens is 336 g/mol. The van der Waals surface area contributed by atoms with Crippen molar-refractivity contribution in [2.24, 2.45) is 0 Å². The molecule has 2 rings (SSSR count). The van der Waals surface area contributed by atoms with Crippen LogP contribution in [0.25, 0.3) is 0 Å². The van der Waals surface area contributed by atoms with Gasteiger partial charge in [-0.15, -0.1) is 11.3 Å². The van der Waals surface area contributed by atoms with Crippen LogP contribution in [0.4, 0.5) is 5.82 Å². The molecule has 108 valence electrons. The highest BCUT2D eigenvalue weighted by Crippen LogP contribution is 2.29. The van der Waals surface area contributed by atoms with Crippen molar-refractivity contribution in [2.45, 2.75) is 40.0 Å². The molecule has 20 heavy (non-hydrogen) atoms. The summed E-state index contributed by atoms with van der Waals surface area (Å²) < 4.78 is 0.965. The Labute approximate surface area is 132 Å². The Hall–Kier alpha value is -1.01. The number of aryl methyl sites for hydroxylation is 1. The van der Waals surface area contributed by atoms with Crippen molar-refractivity contribution in [1.29, 1.82) is 0 Å². The molecule has 0 unspecified atom stereocenters. The van der Waals surface area contributed by atoms with Crippen LogP contribution in [-0.4, -0.2) is 21.5 Å². The smallest absolute Gasteiger partial charge is 0.144 e. The first kappa shape index (κ1) is 15.4. The summed E-state index contributed by atoms with van der Waals surface area (Å²) in [7, 11) is 0. The van der Waals surface area contributed by atoms with Crippen LogP contribution in [0.2, 0.25) is 0 Å². The van der Waals surface area contributed by atoms with Gasteiger partial charge in [0.05, 0.1) is 27.3 Å². The van der Waals surface area contributed by atoms with Gasteiger partial charge < -0.3 is 5.32 Å². The lowest BCUT2D eigenvalue weighted by atomic mass is 10.1. The largest absolute Gasteiger partial charge is 0.369 e. The van der Waals surface area contributed by atoms with Crippen LogP contribution in [0.15, 0.2) is 9.85 Å². The van der Waals surface area contributed by atoms with Crippen molar-refractivity contribution in [3.8, 4) is 0 Å². The Balaban J connectivity index is 2.37. The number of hydrogen-bond acceptors (Lipinski definition) is 5. The Bertz CT molecular complexity index is 595. The lowest BCUT2D eigenvalue weighted by Crippen LogP contribution is -2.09. The number of anilines is 1. The molecule has 0 atom stereocenters. The lowest BCUT2D eigenvalue weighted by Gasteiger charge is -2.14. The molecule has 0 saturated carbocycles. The van der Waals surface area contributed by atoms with Gasteiger partial charge in [0.1, 0.15) is 11.6 Å². The van der Waals surface area contributed by atoms with Gasteiger partial charge in [0, 0.05) is 11.9 Å². The van der Waals surface area contributed by atoms with Gasteiger partial charge in [-0.25, -0.2) is 15.0 Å². The second-order valence-electron chi connectivity index (χ2n) is 4.91. The van der Waals surface area contributed by atoms with E-state index in [-0.39, 0.29) is 0 Å². The summed E-state index contributed by atoms with van der Waals surface area (Å²) in [6.07, 6.45) is 0.676. The van der Waals surface area contributed by atoms with Gasteiger partial charge >= 0.3 is 0 Å². The van der Waals surface area contributed by atoms with E-state index in [9.17, 15) is 0 Å². The van der Waals surface area contributed by atoms with Gasteiger partial charge in [-0.3, -0.25) is 0 Å². The molecule has 0 bridgehead atoms. The summed E-state index contributed by atoms with van der Waals surface area (Å²) in [5.41, 5.74) is 2.07. The van der Waals surface area contributed by atoms with E-state index in [1.807, 2.05) is 6.92 Å². The Morgan fingerprint density at radius 1 is 1.30 bits per heavy atom. The number of nitrogens with zero attached hydrogens (tertiary/aromatic N) is 3.